The van der Waals surface area contributed by atoms with Gasteiger partial charge in [-0.15, -0.1) is 0 Å². The van der Waals surface area contributed by atoms with Gasteiger partial charge in [-0.25, -0.2) is 0 Å². The Morgan fingerprint density at radius 2 is 2.10 bits per heavy atom. The zero-order valence-corrected chi connectivity index (χ0v) is 6.81. The predicted molar refractivity (Wildman–Crippen MR) is 41.6 cm³/mol. The maximum absolute atomic E-state index is 5.31. The second-order valence-electron chi connectivity index (χ2n) is 3.67. The summed E-state index contributed by atoms with van der Waals surface area (Å²) in [5.74, 6) is 0.736. The fraction of sp³-hybridized carbons (Fsp3) is 0.714. The van der Waals surface area contributed by atoms with Crippen molar-refractivity contribution >= 4 is 7.12 Å². The first-order chi connectivity index (χ1) is 4.50. The third kappa shape index (κ3) is 1.54. The third-order valence-corrected chi connectivity index (χ3v) is 1.38. The van der Waals surface area contributed by atoms with E-state index in [1.54, 1.807) is 0 Å². The smallest absolute Gasteiger partial charge is 0.531 e. The van der Waals surface area contributed by atoms with E-state index in [4.69, 9.17) is 9.31 Å². The van der Waals surface area contributed by atoms with Gasteiger partial charge in [0.15, 0.2) is 0 Å². The zero-order chi connectivity index (χ0) is 7.78. The van der Waals surface area contributed by atoms with Gasteiger partial charge in [0.05, 0.1) is 12.4 Å². The summed E-state index contributed by atoms with van der Waals surface area (Å²) < 4.78 is 10.6. The molecule has 0 unspecified atom stereocenters. The largest absolute Gasteiger partial charge is 0.538 e. The molecule has 2 nitrogen and oxygen atoms in total. The summed E-state index contributed by atoms with van der Waals surface area (Å²) in [6.45, 7) is 10.5. The van der Waals surface area contributed by atoms with Crippen LogP contribution in [0.2, 0.25) is 5.31 Å². The van der Waals surface area contributed by atoms with Crippen molar-refractivity contribution in [3.63, 3.8) is 0 Å². The van der Waals surface area contributed by atoms with Crippen molar-refractivity contribution in [3.8, 4) is 0 Å². The van der Waals surface area contributed by atoms with Crippen molar-refractivity contribution in [2.24, 2.45) is 0 Å². The van der Waals surface area contributed by atoms with Crippen molar-refractivity contribution < 1.29 is 9.31 Å². The Balaban J connectivity index is 2.53. The maximum atomic E-state index is 5.31. The van der Waals surface area contributed by atoms with Crippen LogP contribution in [-0.2, 0) is 9.31 Å². The molecule has 10 heavy (non-hydrogen) atoms. The van der Waals surface area contributed by atoms with Crippen LogP contribution in [0.15, 0.2) is 12.3 Å². The van der Waals surface area contributed by atoms with E-state index >= 15 is 0 Å². The molecule has 1 heterocycles. The Morgan fingerprint density at radius 1 is 1.50 bits per heavy atom. The first-order valence-electron chi connectivity index (χ1n) is 3.46. The molecule has 1 rings (SSSR count). The van der Waals surface area contributed by atoms with E-state index in [0.29, 0.717) is 6.61 Å². The first-order valence-corrected chi connectivity index (χ1v) is 3.46. The van der Waals surface area contributed by atoms with Crippen LogP contribution in [0.5, 0.6) is 0 Å². The molecule has 0 radical (unpaired) electrons. The molecule has 0 aromatic heterocycles. The molecule has 0 atom stereocenters. The zero-order valence-electron chi connectivity index (χ0n) is 6.81. The van der Waals surface area contributed by atoms with E-state index in [1.807, 2.05) is 0 Å². The fourth-order valence-corrected chi connectivity index (χ4v) is 0.815. The average Bonchev–Trinajstić information content (AvgIpc) is 2.11. The minimum absolute atomic E-state index is 0.0550. The molecule has 0 spiro atoms. The molecule has 3 heteroatoms. The standard InChI is InChI=1S/C7H13BO2/c1-6-5-9-8(10-6)7(2,3)4/h1,5H2,2-4H3. The van der Waals surface area contributed by atoms with E-state index in [-0.39, 0.29) is 12.4 Å². The minimum Gasteiger partial charge on any atom is -0.538 e. The molecule has 0 aromatic carbocycles. The highest BCUT2D eigenvalue weighted by Crippen LogP contribution is 2.32. The van der Waals surface area contributed by atoms with Gasteiger partial charge in [-0.2, -0.15) is 0 Å². The molecule has 0 N–H and O–H groups in total. The molecule has 0 aliphatic carbocycles. The second kappa shape index (κ2) is 2.31. The number of hydrogen-bond donors (Lipinski definition) is 0. The first kappa shape index (κ1) is 7.67. The van der Waals surface area contributed by atoms with Gasteiger partial charge >= 0.3 is 7.12 Å². The van der Waals surface area contributed by atoms with Crippen LogP contribution < -0.4 is 0 Å². The Kier molecular flexibility index (Phi) is 1.77. The Labute approximate surface area is 62.4 Å². The minimum atomic E-state index is -0.111. The number of hydrogen-bond acceptors (Lipinski definition) is 2. The van der Waals surface area contributed by atoms with Gasteiger partial charge < -0.3 is 9.31 Å². The van der Waals surface area contributed by atoms with Gasteiger partial charge in [-0.05, 0) is 0 Å². The summed E-state index contributed by atoms with van der Waals surface area (Å²) in [7, 11) is -0.111. The van der Waals surface area contributed by atoms with Crippen LogP contribution in [0.1, 0.15) is 20.8 Å². The highest BCUT2D eigenvalue weighted by Gasteiger charge is 2.39. The summed E-state index contributed by atoms with van der Waals surface area (Å²) >= 11 is 0. The molecule has 0 bridgehead atoms. The maximum Gasteiger partial charge on any atom is 0.531 e. The summed E-state index contributed by atoms with van der Waals surface area (Å²) in [5, 5.41) is 0.0550. The van der Waals surface area contributed by atoms with Gasteiger partial charge in [0.2, 0.25) is 0 Å². The van der Waals surface area contributed by atoms with Crippen LogP contribution in [0, 0.1) is 0 Å². The summed E-state index contributed by atoms with van der Waals surface area (Å²) in [5.41, 5.74) is 0. The van der Waals surface area contributed by atoms with E-state index in [9.17, 15) is 0 Å². The van der Waals surface area contributed by atoms with Gasteiger partial charge in [0, 0.05) is 5.31 Å². The lowest BCUT2D eigenvalue weighted by Crippen LogP contribution is -2.26. The molecular weight excluding hydrogens is 127 g/mol. The molecular formula is C7H13BO2. The van der Waals surface area contributed by atoms with Crippen LogP contribution in [0.3, 0.4) is 0 Å². The normalized spacial score (nSPS) is 19.5. The lowest BCUT2D eigenvalue weighted by molar-refractivity contribution is 0.341. The molecule has 1 aliphatic heterocycles. The molecule has 0 amide bonds. The van der Waals surface area contributed by atoms with E-state index < -0.39 is 0 Å². The van der Waals surface area contributed by atoms with Gasteiger partial charge in [-0.3, -0.25) is 0 Å². The summed E-state index contributed by atoms with van der Waals surface area (Å²) in [6.07, 6.45) is 0. The lowest BCUT2D eigenvalue weighted by atomic mass is 9.61. The lowest BCUT2D eigenvalue weighted by Gasteiger charge is -2.18. The van der Waals surface area contributed by atoms with Crippen molar-refractivity contribution in [1.82, 2.24) is 0 Å². The topological polar surface area (TPSA) is 18.5 Å². The van der Waals surface area contributed by atoms with Crippen molar-refractivity contribution in [3.05, 3.63) is 12.3 Å². The highest BCUT2D eigenvalue weighted by molar-refractivity contribution is 6.49. The van der Waals surface area contributed by atoms with Gasteiger partial charge in [0.25, 0.3) is 0 Å². The second-order valence-corrected chi connectivity index (χ2v) is 3.67. The Morgan fingerprint density at radius 3 is 2.30 bits per heavy atom. The van der Waals surface area contributed by atoms with Crippen LogP contribution in [0.4, 0.5) is 0 Å². The third-order valence-electron chi connectivity index (χ3n) is 1.38. The summed E-state index contributed by atoms with van der Waals surface area (Å²) in [6, 6.07) is 0. The van der Waals surface area contributed by atoms with Crippen molar-refractivity contribution in [2.75, 3.05) is 6.61 Å². The Bertz CT molecular complexity index is 148. The predicted octanol–water partition coefficient (Wildman–Crippen LogP) is 1.84. The van der Waals surface area contributed by atoms with Crippen molar-refractivity contribution in [2.45, 2.75) is 26.1 Å². The Hall–Kier alpha value is -0.435. The molecule has 0 saturated carbocycles. The van der Waals surface area contributed by atoms with Gasteiger partial charge in [0.1, 0.15) is 0 Å². The molecule has 1 aliphatic rings. The monoisotopic (exact) mass is 140 g/mol. The van der Waals surface area contributed by atoms with Crippen LogP contribution in [0.25, 0.3) is 0 Å². The molecule has 0 aromatic rings. The van der Waals surface area contributed by atoms with E-state index in [1.165, 1.54) is 0 Å². The molecule has 1 fully saturated rings. The average molecular weight is 140 g/mol. The quantitative estimate of drug-likeness (QED) is 0.478. The van der Waals surface area contributed by atoms with Crippen LogP contribution in [-0.4, -0.2) is 13.7 Å². The fourth-order valence-electron chi connectivity index (χ4n) is 0.815. The van der Waals surface area contributed by atoms with Crippen LogP contribution >= 0.6 is 0 Å². The number of rotatable bonds is 0. The van der Waals surface area contributed by atoms with E-state index in [2.05, 4.69) is 27.4 Å². The van der Waals surface area contributed by atoms with Gasteiger partial charge in [-0.1, -0.05) is 27.4 Å². The summed E-state index contributed by atoms with van der Waals surface area (Å²) in [4.78, 5) is 0. The highest BCUT2D eigenvalue weighted by atomic mass is 16.6. The van der Waals surface area contributed by atoms with E-state index in [0.717, 1.165) is 5.76 Å². The SMILES string of the molecule is C=C1COB(C(C)(C)C)O1. The van der Waals surface area contributed by atoms with Crippen molar-refractivity contribution in [1.29, 1.82) is 0 Å². The molecule has 56 valence electrons. The molecule has 1 saturated heterocycles.